The molecule has 5 N–H and O–H groups in total. The van der Waals surface area contributed by atoms with Gasteiger partial charge in [0.25, 0.3) is 5.56 Å². The summed E-state index contributed by atoms with van der Waals surface area (Å²) >= 11 is 5.75. The third-order valence-corrected chi connectivity index (χ3v) is 2.68. The SMILES string of the molecule is Nc1c(Nc2ccc(Cl)c(C(=O)O)c2)nc[nH]c1=O. The quantitative estimate of drug-likeness (QED) is 0.675. The van der Waals surface area contributed by atoms with E-state index in [-0.39, 0.29) is 22.1 Å². The highest BCUT2D eigenvalue weighted by Crippen LogP contribution is 2.23. The lowest BCUT2D eigenvalue weighted by Gasteiger charge is -2.08. The van der Waals surface area contributed by atoms with E-state index in [2.05, 4.69) is 15.3 Å². The molecule has 0 radical (unpaired) electrons. The van der Waals surface area contributed by atoms with Crippen LogP contribution in [0.4, 0.5) is 17.2 Å². The van der Waals surface area contributed by atoms with Gasteiger partial charge in [-0.2, -0.15) is 0 Å². The van der Waals surface area contributed by atoms with Crippen LogP contribution in [0.1, 0.15) is 10.4 Å². The van der Waals surface area contributed by atoms with Crippen LogP contribution >= 0.6 is 11.6 Å². The van der Waals surface area contributed by atoms with Gasteiger partial charge < -0.3 is 21.1 Å². The number of carboxylic acid groups (broad SMARTS) is 1. The second-order valence-electron chi connectivity index (χ2n) is 3.62. The van der Waals surface area contributed by atoms with E-state index in [4.69, 9.17) is 22.4 Å². The highest BCUT2D eigenvalue weighted by atomic mass is 35.5. The van der Waals surface area contributed by atoms with E-state index < -0.39 is 11.5 Å². The van der Waals surface area contributed by atoms with Crippen molar-refractivity contribution in [3.63, 3.8) is 0 Å². The van der Waals surface area contributed by atoms with E-state index in [9.17, 15) is 9.59 Å². The zero-order valence-electron chi connectivity index (χ0n) is 9.48. The Labute approximate surface area is 112 Å². The van der Waals surface area contributed by atoms with Crippen molar-refractivity contribution in [3.05, 3.63) is 45.5 Å². The topological polar surface area (TPSA) is 121 Å². The van der Waals surface area contributed by atoms with Crippen LogP contribution in [0.5, 0.6) is 0 Å². The molecule has 7 nitrogen and oxygen atoms in total. The molecule has 0 atom stereocenters. The lowest BCUT2D eigenvalue weighted by molar-refractivity contribution is 0.0697. The standard InChI is InChI=1S/C11H9ClN4O3/c12-7-2-1-5(3-6(7)11(18)19)16-9-8(13)10(17)15-4-14-9/h1-4H,13H2,(H,18,19)(H2,14,15,16,17). The zero-order valence-corrected chi connectivity index (χ0v) is 10.2. The molecule has 0 aliphatic carbocycles. The number of halogens is 1. The molecule has 1 heterocycles. The van der Waals surface area contributed by atoms with Crippen LogP contribution in [-0.2, 0) is 0 Å². The maximum Gasteiger partial charge on any atom is 0.337 e. The van der Waals surface area contributed by atoms with E-state index >= 15 is 0 Å². The van der Waals surface area contributed by atoms with E-state index in [1.165, 1.54) is 18.5 Å². The van der Waals surface area contributed by atoms with Crippen molar-refractivity contribution in [3.8, 4) is 0 Å². The Kier molecular flexibility index (Phi) is 3.39. The number of anilines is 3. The Balaban J connectivity index is 2.39. The summed E-state index contributed by atoms with van der Waals surface area (Å²) in [5.74, 6) is -1.01. The molecule has 0 saturated heterocycles. The number of hydrogen-bond acceptors (Lipinski definition) is 5. The van der Waals surface area contributed by atoms with Gasteiger partial charge in [0.15, 0.2) is 5.82 Å². The average Bonchev–Trinajstić information content (AvgIpc) is 2.37. The summed E-state index contributed by atoms with van der Waals surface area (Å²) in [4.78, 5) is 28.4. The van der Waals surface area contributed by atoms with Gasteiger partial charge in [-0.15, -0.1) is 0 Å². The molecule has 0 bridgehead atoms. The number of hydrogen-bond donors (Lipinski definition) is 4. The molecule has 0 fully saturated rings. The third-order valence-electron chi connectivity index (χ3n) is 2.35. The van der Waals surface area contributed by atoms with Crippen LogP contribution in [0.25, 0.3) is 0 Å². The molecule has 0 spiro atoms. The first kappa shape index (κ1) is 12.9. The third kappa shape index (κ3) is 2.66. The fourth-order valence-electron chi connectivity index (χ4n) is 1.41. The Hall–Kier alpha value is -2.54. The van der Waals surface area contributed by atoms with Gasteiger partial charge in [-0.25, -0.2) is 9.78 Å². The van der Waals surface area contributed by atoms with E-state index in [1.54, 1.807) is 6.07 Å². The summed E-state index contributed by atoms with van der Waals surface area (Å²) < 4.78 is 0. The number of carboxylic acids is 1. The van der Waals surface area contributed by atoms with Gasteiger partial charge in [-0.05, 0) is 18.2 Å². The lowest BCUT2D eigenvalue weighted by atomic mass is 10.2. The molecule has 2 rings (SSSR count). The van der Waals surface area contributed by atoms with Crippen LogP contribution in [0.3, 0.4) is 0 Å². The molecule has 0 aliphatic heterocycles. The van der Waals surface area contributed by atoms with Crippen molar-refractivity contribution in [2.24, 2.45) is 0 Å². The number of benzene rings is 1. The molecule has 0 unspecified atom stereocenters. The van der Waals surface area contributed by atoms with Crippen molar-refractivity contribution >= 4 is 34.8 Å². The van der Waals surface area contributed by atoms with Crippen molar-refractivity contribution < 1.29 is 9.90 Å². The lowest BCUT2D eigenvalue weighted by Crippen LogP contribution is -2.14. The minimum Gasteiger partial charge on any atom is -0.478 e. The molecule has 19 heavy (non-hydrogen) atoms. The zero-order chi connectivity index (χ0) is 14.0. The second-order valence-corrected chi connectivity index (χ2v) is 4.03. The fraction of sp³-hybridized carbons (Fsp3) is 0. The average molecular weight is 281 g/mol. The molecule has 1 aromatic heterocycles. The van der Waals surface area contributed by atoms with Crippen LogP contribution in [0.2, 0.25) is 5.02 Å². The number of H-pyrrole nitrogens is 1. The van der Waals surface area contributed by atoms with Crippen LogP contribution < -0.4 is 16.6 Å². The number of nitrogen functional groups attached to an aromatic ring is 1. The first-order valence-corrected chi connectivity index (χ1v) is 5.50. The van der Waals surface area contributed by atoms with Crippen molar-refractivity contribution in [2.45, 2.75) is 0 Å². The summed E-state index contributed by atoms with van der Waals surface area (Å²) in [6.45, 7) is 0. The van der Waals surface area contributed by atoms with Gasteiger partial charge >= 0.3 is 5.97 Å². The van der Waals surface area contributed by atoms with Gasteiger partial charge in [0.1, 0.15) is 5.69 Å². The maximum absolute atomic E-state index is 11.3. The van der Waals surface area contributed by atoms with Gasteiger partial charge in [0, 0.05) is 5.69 Å². The molecular formula is C11H9ClN4O3. The summed E-state index contributed by atoms with van der Waals surface area (Å²) in [5, 5.41) is 11.8. The Morgan fingerprint density at radius 1 is 1.47 bits per heavy atom. The highest BCUT2D eigenvalue weighted by molar-refractivity contribution is 6.33. The minimum absolute atomic E-state index is 0.0601. The van der Waals surface area contributed by atoms with Crippen molar-refractivity contribution in [1.82, 2.24) is 9.97 Å². The predicted octanol–water partition coefficient (Wildman–Crippen LogP) is 1.45. The van der Waals surface area contributed by atoms with Crippen molar-refractivity contribution in [2.75, 3.05) is 11.1 Å². The Morgan fingerprint density at radius 2 is 2.21 bits per heavy atom. The molecule has 8 heteroatoms. The number of aromatic carboxylic acids is 1. The van der Waals surface area contributed by atoms with Crippen LogP contribution in [0, 0.1) is 0 Å². The first-order valence-electron chi connectivity index (χ1n) is 5.12. The maximum atomic E-state index is 11.3. The number of aromatic amines is 1. The molecule has 98 valence electrons. The van der Waals surface area contributed by atoms with Gasteiger partial charge in [0.05, 0.1) is 16.9 Å². The molecular weight excluding hydrogens is 272 g/mol. The number of nitrogens with two attached hydrogens (primary N) is 1. The molecule has 0 saturated carbocycles. The van der Waals surface area contributed by atoms with Crippen LogP contribution in [-0.4, -0.2) is 21.0 Å². The number of carbonyl (C=O) groups is 1. The van der Waals surface area contributed by atoms with E-state index in [0.29, 0.717) is 5.69 Å². The largest absolute Gasteiger partial charge is 0.478 e. The Bertz CT molecular complexity index is 699. The summed E-state index contributed by atoms with van der Waals surface area (Å²) in [6, 6.07) is 4.31. The molecule has 0 aliphatic rings. The Morgan fingerprint density at radius 3 is 2.89 bits per heavy atom. The van der Waals surface area contributed by atoms with E-state index in [1.807, 2.05) is 0 Å². The molecule has 0 amide bonds. The fourth-order valence-corrected chi connectivity index (χ4v) is 1.61. The minimum atomic E-state index is -1.15. The van der Waals surface area contributed by atoms with Crippen LogP contribution in [0.15, 0.2) is 29.3 Å². The smallest absolute Gasteiger partial charge is 0.337 e. The van der Waals surface area contributed by atoms with Gasteiger partial charge in [-0.3, -0.25) is 4.79 Å². The first-order chi connectivity index (χ1) is 8.99. The monoisotopic (exact) mass is 280 g/mol. The second kappa shape index (κ2) is 4.99. The predicted molar refractivity (Wildman–Crippen MR) is 71.0 cm³/mol. The summed E-state index contributed by atoms with van der Waals surface area (Å²) in [5.41, 5.74) is 5.33. The number of nitrogens with zero attached hydrogens (tertiary/aromatic N) is 1. The number of nitrogens with one attached hydrogen (secondary N) is 2. The van der Waals surface area contributed by atoms with E-state index in [0.717, 1.165) is 0 Å². The summed E-state index contributed by atoms with van der Waals surface area (Å²) in [7, 11) is 0. The molecule has 2 aromatic rings. The molecule has 1 aromatic carbocycles. The number of rotatable bonds is 3. The highest BCUT2D eigenvalue weighted by Gasteiger charge is 2.11. The van der Waals surface area contributed by atoms with Gasteiger partial charge in [0.2, 0.25) is 0 Å². The van der Waals surface area contributed by atoms with Gasteiger partial charge in [-0.1, -0.05) is 11.6 Å². The normalized spacial score (nSPS) is 10.2. The number of aromatic nitrogens is 2. The van der Waals surface area contributed by atoms with Crippen molar-refractivity contribution in [1.29, 1.82) is 0 Å². The summed E-state index contributed by atoms with van der Waals surface area (Å²) in [6.07, 6.45) is 1.19.